The summed E-state index contributed by atoms with van der Waals surface area (Å²) in [6.07, 6.45) is 6.62. The van der Waals surface area contributed by atoms with E-state index in [2.05, 4.69) is 10.6 Å². The van der Waals surface area contributed by atoms with Crippen molar-refractivity contribution < 1.29 is 9.59 Å². The largest absolute Gasteiger partial charge is 0.352 e. The van der Waals surface area contributed by atoms with Gasteiger partial charge in [-0.1, -0.05) is 31.4 Å². The van der Waals surface area contributed by atoms with E-state index in [1.807, 2.05) is 29.2 Å². The number of nitrogens with one attached hydrogen (secondary N) is 2. The zero-order valence-electron chi connectivity index (χ0n) is 14.9. The molecule has 1 heterocycles. The van der Waals surface area contributed by atoms with E-state index in [4.69, 9.17) is 0 Å². The molecular weight excluding hydrogens is 314 g/mol. The Morgan fingerprint density at radius 3 is 2.52 bits per heavy atom. The van der Waals surface area contributed by atoms with Gasteiger partial charge in [-0.05, 0) is 43.5 Å². The molecule has 1 aromatic carbocycles. The van der Waals surface area contributed by atoms with Gasteiger partial charge in [-0.3, -0.25) is 9.59 Å². The van der Waals surface area contributed by atoms with Crippen LogP contribution < -0.4 is 10.6 Å². The van der Waals surface area contributed by atoms with Crippen LogP contribution in [0.25, 0.3) is 0 Å². The third-order valence-corrected chi connectivity index (χ3v) is 5.27. The zero-order valence-corrected chi connectivity index (χ0v) is 14.9. The van der Waals surface area contributed by atoms with Crippen molar-refractivity contribution in [3.05, 3.63) is 35.4 Å². The van der Waals surface area contributed by atoms with E-state index in [1.54, 1.807) is 0 Å². The Labute approximate surface area is 150 Å². The fraction of sp³-hybridized carbons (Fsp3) is 0.600. The minimum Gasteiger partial charge on any atom is -0.352 e. The first kappa shape index (κ1) is 17.9. The first-order valence-electron chi connectivity index (χ1n) is 9.61. The summed E-state index contributed by atoms with van der Waals surface area (Å²) >= 11 is 0. The molecule has 3 rings (SSSR count). The molecular formula is C20H29N3O2. The summed E-state index contributed by atoms with van der Waals surface area (Å²) in [5, 5.41) is 6.36. The van der Waals surface area contributed by atoms with E-state index >= 15 is 0 Å². The van der Waals surface area contributed by atoms with Crippen LogP contribution in [0.1, 0.15) is 54.4 Å². The van der Waals surface area contributed by atoms with E-state index in [0.717, 1.165) is 56.6 Å². The minimum atomic E-state index is 0.0986. The lowest BCUT2D eigenvalue weighted by atomic mass is 9.88. The Morgan fingerprint density at radius 1 is 1.00 bits per heavy atom. The molecule has 5 nitrogen and oxygen atoms in total. The second kappa shape index (κ2) is 8.99. The fourth-order valence-electron chi connectivity index (χ4n) is 3.69. The second-order valence-corrected chi connectivity index (χ2v) is 7.15. The molecule has 1 saturated carbocycles. The highest BCUT2D eigenvalue weighted by atomic mass is 16.2. The van der Waals surface area contributed by atoms with Gasteiger partial charge in [-0.25, -0.2) is 0 Å². The molecule has 0 bridgehead atoms. The van der Waals surface area contributed by atoms with Crippen molar-refractivity contribution in [3.63, 3.8) is 0 Å². The SMILES string of the molecule is O=C(NCc1ccc(C(=O)N2CCCNCC2)cc1)C1CCCCC1. The molecule has 1 saturated heterocycles. The number of rotatable bonds is 4. The molecule has 0 spiro atoms. The van der Waals surface area contributed by atoms with Gasteiger partial charge in [-0.15, -0.1) is 0 Å². The fourth-order valence-corrected chi connectivity index (χ4v) is 3.69. The van der Waals surface area contributed by atoms with Crippen LogP contribution in [-0.2, 0) is 11.3 Å². The molecule has 2 aliphatic rings. The molecule has 0 radical (unpaired) electrons. The monoisotopic (exact) mass is 343 g/mol. The third-order valence-electron chi connectivity index (χ3n) is 5.27. The Bertz CT molecular complexity index is 571. The predicted octanol–water partition coefficient (Wildman–Crippen LogP) is 2.32. The van der Waals surface area contributed by atoms with Crippen LogP contribution in [0.3, 0.4) is 0 Å². The maximum atomic E-state index is 12.6. The smallest absolute Gasteiger partial charge is 0.253 e. The molecule has 1 aromatic rings. The van der Waals surface area contributed by atoms with Crippen LogP contribution in [0.15, 0.2) is 24.3 Å². The van der Waals surface area contributed by atoms with Gasteiger partial charge in [0.05, 0.1) is 0 Å². The lowest BCUT2D eigenvalue weighted by Crippen LogP contribution is -2.34. The molecule has 2 fully saturated rings. The number of hydrogen-bond acceptors (Lipinski definition) is 3. The third kappa shape index (κ3) is 5.05. The van der Waals surface area contributed by atoms with Gasteiger partial charge in [0, 0.05) is 37.7 Å². The summed E-state index contributed by atoms with van der Waals surface area (Å²) in [5.41, 5.74) is 1.77. The topological polar surface area (TPSA) is 61.4 Å². The Morgan fingerprint density at radius 2 is 1.76 bits per heavy atom. The van der Waals surface area contributed by atoms with Crippen molar-refractivity contribution >= 4 is 11.8 Å². The lowest BCUT2D eigenvalue weighted by molar-refractivity contribution is -0.126. The number of benzene rings is 1. The van der Waals surface area contributed by atoms with Crippen LogP contribution in [0.2, 0.25) is 0 Å². The normalized spacial score (nSPS) is 19.3. The van der Waals surface area contributed by atoms with Crippen molar-refractivity contribution in [1.82, 2.24) is 15.5 Å². The maximum absolute atomic E-state index is 12.6. The van der Waals surface area contributed by atoms with Gasteiger partial charge >= 0.3 is 0 Å². The van der Waals surface area contributed by atoms with Crippen LogP contribution in [0, 0.1) is 5.92 Å². The Hall–Kier alpha value is -1.88. The standard InChI is InChI=1S/C20H29N3O2/c24-19(17-5-2-1-3-6-17)22-15-16-7-9-18(10-8-16)20(25)23-13-4-11-21-12-14-23/h7-10,17,21H,1-6,11-15H2,(H,22,24). The number of carbonyl (C=O) groups excluding carboxylic acids is 2. The molecule has 136 valence electrons. The highest BCUT2D eigenvalue weighted by molar-refractivity contribution is 5.94. The van der Waals surface area contributed by atoms with Crippen molar-refractivity contribution in [3.8, 4) is 0 Å². The molecule has 2 amide bonds. The van der Waals surface area contributed by atoms with Gasteiger partial charge in [-0.2, -0.15) is 0 Å². The van der Waals surface area contributed by atoms with Crippen LogP contribution in [-0.4, -0.2) is 42.9 Å². The summed E-state index contributed by atoms with van der Waals surface area (Å²) in [7, 11) is 0. The maximum Gasteiger partial charge on any atom is 0.253 e. The summed E-state index contributed by atoms with van der Waals surface area (Å²) in [6, 6.07) is 7.65. The van der Waals surface area contributed by atoms with Crippen molar-refractivity contribution in [2.45, 2.75) is 45.1 Å². The minimum absolute atomic E-state index is 0.0986. The van der Waals surface area contributed by atoms with E-state index in [-0.39, 0.29) is 17.7 Å². The summed E-state index contributed by atoms with van der Waals surface area (Å²) in [6.45, 7) is 3.95. The summed E-state index contributed by atoms with van der Waals surface area (Å²) in [5.74, 6) is 0.463. The van der Waals surface area contributed by atoms with Crippen molar-refractivity contribution in [2.75, 3.05) is 26.2 Å². The van der Waals surface area contributed by atoms with Gasteiger partial charge in [0.25, 0.3) is 5.91 Å². The van der Waals surface area contributed by atoms with Gasteiger partial charge in [0.2, 0.25) is 5.91 Å². The van der Waals surface area contributed by atoms with Crippen molar-refractivity contribution in [2.24, 2.45) is 5.92 Å². The van der Waals surface area contributed by atoms with Crippen LogP contribution in [0.5, 0.6) is 0 Å². The molecule has 0 aromatic heterocycles. The van der Waals surface area contributed by atoms with Gasteiger partial charge in [0.15, 0.2) is 0 Å². The molecule has 25 heavy (non-hydrogen) atoms. The van der Waals surface area contributed by atoms with E-state index in [1.165, 1.54) is 19.3 Å². The first-order valence-corrected chi connectivity index (χ1v) is 9.61. The van der Waals surface area contributed by atoms with Gasteiger partial charge < -0.3 is 15.5 Å². The number of carbonyl (C=O) groups is 2. The Kier molecular flexibility index (Phi) is 6.45. The van der Waals surface area contributed by atoms with Crippen LogP contribution in [0.4, 0.5) is 0 Å². The Balaban J connectivity index is 1.51. The zero-order chi connectivity index (χ0) is 17.5. The molecule has 0 atom stereocenters. The average Bonchev–Trinajstić information content (AvgIpc) is 2.96. The highest BCUT2D eigenvalue weighted by Crippen LogP contribution is 2.23. The number of nitrogens with zero attached hydrogens (tertiary/aromatic N) is 1. The van der Waals surface area contributed by atoms with Crippen molar-refractivity contribution in [1.29, 1.82) is 0 Å². The lowest BCUT2D eigenvalue weighted by Gasteiger charge is -2.21. The quantitative estimate of drug-likeness (QED) is 0.882. The van der Waals surface area contributed by atoms with Crippen LogP contribution >= 0.6 is 0 Å². The molecule has 1 aliphatic heterocycles. The average molecular weight is 343 g/mol. The number of amides is 2. The van der Waals surface area contributed by atoms with E-state index < -0.39 is 0 Å². The number of hydrogen-bond donors (Lipinski definition) is 2. The molecule has 1 aliphatic carbocycles. The molecule has 0 unspecified atom stereocenters. The van der Waals surface area contributed by atoms with E-state index in [0.29, 0.717) is 6.54 Å². The van der Waals surface area contributed by atoms with E-state index in [9.17, 15) is 9.59 Å². The van der Waals surface area contributed by atoms with Gasteiger partial charge in [0.1, 0.15) is 0 Å². The first-order chi connectivity index (χ1) is 12.2. The molecule has 2 N–H and O–H groups in total. The summed E-state index contributed by atoms with van der Waals surface area (Å²) < 4.78 is 0. The molecule has 5 heteroatoms. The summed E-state index contributed by atoms with van der Waals surface area (Å²) in [4.78, 5) is 26.7. The predicted molar refractivity (Wildman–Crippen MR) is 98.3 cm³/mol. The second-order valence-electron chi connectivity index (χ2n) is 7.15. The highest BCUT2D eigenvalue weighted by Gasteiger charge is 2.21.